The van der Waals surface area contributed by atoms with Crippen LogP contribution in [0.25, 0.3) is 55.6 Å². The van der Waals surface area contributed by atoms with Gasteiger partial charge in [-0.3, -0.25) is 0 Å². The molecule has 6 aliphatic rings. The molecule has 6 aliphatic carbocycles. The average molecular weight is 380 g/mol. The summed E-state index contributed by atoms with van der Waals surface area (Å²) in [5.74, 6) is 0. The van der Waals surface area contributed by atoms with Crippen LogP contribution < -0.4 is 0 Å². The Balaban J connectivity index is 1.59. The predicted octanol–water partition coefficient (Wildman–Crippen LogP) is 8.34. The highest BCUT2D eigenvalue weighted by Gasteiger charge is 2.17. The van der Waals surface area contributed by atoms with E-state index in [9.17, 15) is 0 Å². The highest BCUT2D eigenvalue weighted by atomic mass is 14.2. The summed E-state index contributed by atoms with van der Waals surface area (Å²) in [5, 5.41) is 0. The molecule has 0 saturated carbocycles. The van der Waals surface area contributed by atoms with Crippen molar-refractivity contribution in [3.63, 3.8) is 0 Å². The Morgan fingerprint density at radius 3 is 1.00 bits per heavy atom. The van der Waals surface area contributed by atoms with Gasteiger partial charge in [-0.1, -0.05) is 115 Å². The molecule has 30 heavy (non-hydrogen) atoms. The van der Waals surface area contributed by atoms with Gasteiger partial charge >= 0.3 is 0 Å². The monoisotopic (exact) mass is 380 g/mol. The van der Waals surface area contributed by atoms with Crippen LogP contribution >= 0.6 is 0 Å². The Kier molecular flexibility index (Phi) is 3.89. The SMILES string of the molecule is c1ccc2c(-c3ccc4cccc-4cc3)cc(-c3ccc4cccc-4cc3)c-2cc1. The van der Waals surface area contributed by atoms with Crippen LogP contribution in [0.2, 0.25) is 0 Å². The number of hydrogen-bond donors (Lipinski definition) is 0. The molecule has 0 aliphatic heterocycles. The molecule has 0 fully saturated rings. The summed E-state index contributed by atoms with van der Waals surface area (Å²) in [6, 6.07) is 44.0. The van der Waals surface area contributed by atoms with Gasteiger partial charge in [-0.25, -0.2) is 0 Å². The highest BCUT2D eigenvalue weighted by Crippen LogP contribution is 2.43. The molecule has 140 valence electrons. The molecule has 0 bridgehead atoms. The molecule has 0 nitrogen and oxygen atoms in total. The van der Waals surface area contributed by atoms with E-state index in [2.05, 4.69) is 121 Å². The van der Waals surface area contributed by atoms with Crippen molar-refractivity contribution >= 4 is 0 Å². The Bertz CT molecular complexity index is 1230. The Morgan fingerprint density at radius 1 is 0.233 bits per heavy atom. The number of rotatable bonds is 2. The fourth-order valence-electron chi connectivity index (χ4n) is 4.49. The third-order valence-corrected chi connectivity index (χ3v) is 6.07. The van der Waals surface area contributed by atoms with Gasteiger partial charge in [0.05, 0.1) is 0 Å². The maximum atomic E-state index is 2.35. The molecule has 0 atom stereocenters. The first kappa shape index (κ1) is 17.0. The summed E-state index contributed by atoms with van der Waals surface area (Å²) in [6.45, 7) is 0. The smallest absolute Gasteiger partial charge is 0.00988 e. The first-order valence-electron chi connectivity index (χ1n) is 10.4. The van der Waals surface area contributed by atoms with E-state index in [-0.39, 0.29) is 0 Å². The minimum Gasteiger partial charge on any atom is -0.0622 e. The summed E-state index contributed by atoms with van der Waals surface area (Å²) in [4.78, 5) is 0. The Morgan fingerprint density at radius 2 is 0.600 bits per heavy atom. The zero-order valence-corrected chi connectivity index (χ0v) is 16.5. The molecule has 0 spiro atoms. The van der Waals surface area contributed by atoms with Crippen molar-refractivity contribution < 1.29 is 0 Å². The standard InChI is InChI=1S/C30H20/c1-2-10-27-28(11-3-1)30(26-18-14-23-8-5-9-24(23)15-19-26)20-29(27)25-16-12-21-6-4-7-22(21)13-17-25/h1-20H. The van der Waals surface area contributed by atoms with Crippen LogP contribution in [0.4, 0.5) is 0 Å². The van der Waals surface area contributed by atoms with Gasteiger partial charge in [0.25, 0.3) is 0 Å². The van der Waals surface area contributed by atoms with E-state index in [0.29, 0.717) is 0 Å². The number of hydrogen-bond acceptors (Lipinski definition) is 0. The van der Waals surface area contributed by atoms with Crippen LogP contribution in [0.5, 0.6) is 0 Å². The second-order valence-corrected chi connectivity index (χ2v) is 7.83. The highest BCUT2D eigenvalue weighted by molar-refractivity contribution is 5.98. The fourth-order valence-corrected chi connectivity index (χ4v) is 4.49. The van der Waals surface area contributed by atoms with E-state index in [0.717, 1.165) is 0 Å². The van der Waals surface area contributed by atoms with Crippen molar-refractivity contribution in [2.45, 2.75) is 0 Å². The second kappa shape index (κ2) is 6.86. The van der Waals surface area contributed by atoms with E-state index in [4.69, 9.17) is 0 Å². The van der Waals surface area contributed by atoms with Gasteiger partial charge in [0, 0.05) is 0 Å². The van der Waals surface area contributed by atoms with Crippen LogP contribution in [0.1, 0.15) is 0 Å². The quantitative estimate of drug-likeness (QED) is 0.283. The van der Waals surface area contributed by atoms with Crippen molar-refractivity contribution in [2.24, 2.45) is 0 Å². The van der Waals surface area contributed by atoms with E-state index >= 15 is 0 Å². The lowest BCUT2D eigenvalue weighted by atomic mass is 10.0. The van der Waals surface area contributed by atoms with Gasteiger partial charge in [0.2, 0.25) is 0 Å². The van der Waals surface area contributed by atoms with Gasteiger partial charge in [-0.2, -0.15) is 0 Å². The summed E-state index contributed by atoms with van der Waals surface area (Å²) < 4.78 is 0. The number of fused-ring (bicyclic) bond motifs is 3. The first-order valence-corrected chi connectivity index (χ1v) is 10.4. The van der Waals surface area contributed by atoms with E-state index in [1.54, 1.807) is 0 Å². The summed E-state index contributed by atoms with van der Waals surface area (Å²) in [6.07, 6.45) is 0. The molecule has 0 aromatic heterocycles. The third kappa shape index (κ3) is 2.77. The van der Waals surface area contributed by atoms with Crippen molar-refractivity contribution in [2.75, 3.05) is 0 Å². The van der Waals surface area contributed by atoms with E-state index < -0.39 is 0 Å². The van der Waals surface area contributed by atoms with Crippen molar-refractivity contribution in [3.05, 3.63) is 121 Å². The van der Waals surface area contributed by atoms with Gasteiger partial charge in [-0.15, -0.1) is 0 Å². The molecular weight excluding hydrogens is 360 g/mol. The topological polar surface area (TPSA) is 0 Å². The minimum absolute atomic E-state index is 1.24. The second-order valence-electron chi connectivity index (χ2n) is 7.83. The molecule has 0 amide bonds. The van der Waals surface area contributed by atoms with Crippen molar-refractivity contribution in [1.82, 2.24) is 0 Å². The van der Waals surface area contributed by atoms with Crippen LogP contribution in [0.3, 0.4) is 0 Å². The van der Waals surface area contributed by atoms with Crippen LogP contribution in [0.15, 0.2) is 121 Å². The average Bonchev–Trinajstić information content (AvgIpc) is 3.36. The summed E-state index contributed by atoms with van der Waals surface area (Å²) in [7, 11) is 0. The fraction of sp³-hybridized carbons (Fsp3) is 0. The van der Waals surface area contributed by atoms with Gasteiger partial charge in [0.15, 0.2) is 0 Å². The Labute approximate surface area is 177 Å². The molecular formula is C30H20. The largest absolute Gasteiger partial charge is 0.0622 e. The van der Waals surface area contributed by atoms with Crippen LogP contribution in [-0.2, 0) is 0 Å². The van der Waals surface area contributed by atoms with Gasteiger partial charge in [0.1, 0.15) is 0 Å². The van der Waals surface area contributed by atoms with Gasteiger partial charge < -0.3 is 0 Å². The molecule has 0 N–H and O–H groups in total. The molecule has 0 aromatic carbocycles. The lowest BCUT2D eigenvalue weighted by molar-refractivity contribution is 1.74. The van der Waals surface area contributed by atoms with E-state index in [1.165, 1.54) is 55.6 Å². The van der Waals surface area contributed by atoms with E-state index in [1.807, 2.05) is 0 Å². The molecule has 0 heterocycles. The third-order valence-electron chi connectivity index (χ3n) is 6.07. The first-order chi connectivity index (χ1) is 14.9. The van der Waals surface area contributed by atoms with Crippen molar-refractivity contribution in [1.29, 1.82) is 0 Å². The maximum Gasteiger partial charge on any atom is -0.00988 e. The molecule has 0 heteroatoms. The summed E-state index contributed by atoms with van der Waals surface area (Å²) >= 11 is 0. The molecule has 0 aromatic rings. The lowest BCUT2D eigenvalue weighted by Gasteiger charge is -2.01. The molecule has 6 rings (SSSR count). The minimum atomic E-state index is 1.24. The predicted molar refractivity (Wildman–Crippen MR) is 127 cm³/mol. The molecule has 0 saturated heterocycles. The molecule has 0 radical (unpaired) electrons. The molecule has 0 unspecified atom stereocenters. The summed E-state index contributed by atoms with van der Waals surface area (Å²) in [5.41, 5.74) is 12.7. The Hall–Kier alpha value is -3.90. The zero-order valence-electron chi connectivity index (χ0n) is 16.5. The van der Waals surface area contributed by atoms with Gasteiger partial charge in [-0.05, 0) is 61.7 Å². The maximum absolute atomic E-state index is 2.35. The normalized spacial score (nSPS) is 11.3. The lowest BCUT2D eigenvalue weighted by Crippen LogP contribution is -1.75. The van der Waals surface area contributed by atoms with Crippen LogP contribution in [-0.4, -0.2) is 0 Å². The zero-order chi connectivity index (χ0) is 19.9. The van der Waals surface area contributed by atoms with Crippen LogP contribution in [0, 0.1) is 0 Å². The van der Waals surface area contributed by atoms with Crippen molar-refractivity contribution in [3.8, 4) is 55.6 Å².